The van der Waals surface area contributed by atoms with Gasteiger partial charge in [0.15, 0.2) is 0 Å². The summed E-state index contributed by atoms with van der Waals surface area (Å²) in [6.07, 6.45) is 0.865. The summed E-state index contributed by atoms with van der Waals surface area (Å²) in [5.74, 6) is -0.108. The van der Waals surface area contributed by atoms with Gasteiger partial charge in [0.25, 0.3) is 0 Å². The van der Waals surface area contributed by atoms with Gasteiger partial charge in [0.05, 0.1) is 19.3 Å². The number of benzene rings is 2. The van der Waals surface area contributed by atoms with Gasteiger partial charge in [-0.1, -0.05) is 54.6 Å². The molecular formula is C19H21NO3. The van der Waals surface area contributed by atoms with Crippen LogP contribution in [-0.2, 0) is 33.9 Å². The maximum atomic E-state index is 11.8. The number of ether oxygens (including phenoxy) is 2. The van der Waals surface area contributed by atoms with Crippen LogP contribution in [0.25, 0.3) is 0 Å². The van der Waals surface area contributed by atoms with Crippen molar-refractivity contribution in [3.8, 4) is 0 Å². The van der Waals surface area contributed by atoms with Crippen LogP contribution >= 0.6 is 0 Å². The van der Waals surface area contributed by atoms with Gasteiger partial charge < -0.3 is 14.8 Å². The number of hydrogen-bond acceptors (Lipinski definition) is 3. The first-order valence-corrected chi connectivity index (χ1v) is 7.88. The Hall–Kier alpha value is -2.17. The quantitative estimate of drug-likeness (QED) is 0.891. The minimum atomic E-state index is -0.108. The van der Waals surface area contributed by atoms with E-state index >= 15 is 0 Å². The summed E-state index contributed by atoms with van der Waals surface area (Å²) in [6.45, 7) is 1.64. The Morgan fingerprint density at radius 2 is 1.83 bits per heavy atom. The smallest absolute Gasteiger partial charge is 0.246 e. The average Bonchev–Trinajstić information content (AvgIpc) is 2.61. The molecule has 1 aliphatic rings. The maximum absolute atomic E-state index is 11.8. The van der Waals surface area contributed by atoms with Crippen molar-refractivity contribution in [1.82, 2.24) is 5.32 Å². The van der Waals surface area contributed by atoms with Crippen molar-refractivity contribution in [3.63, 3.8) is 0 Å². The van der Waals surface area contributed by atoms with Crippen LogP contribution in [0.15, 0.2) is 54.6 Å². The highest BCUT2D eigenvalue weighted by Crippen LogP contribution is 2.19. The fourth-order valence-corrected chi connectivity index (χ4v) is 2.65. The van der Waals surface area contributed by atoms with Crippen molar-refractivity contribution < 1.29 is 14.3 Å². The lowest BCUT2D eigenvalue weighted by molar-refractivity contribution is -0.126. The predicted octanol–water partition coefficient (Wildman–Crippen LogP) is 2.46. The predicted molar refractivity (Wildman–Crippen MR) is 87.8 cm³/mol. The molecule has 0 aliphatic carbocycles. The summed E-state index contributed by atoms with van der Waals surface area (Å²) >= 11 is 0. The summed E-state index contributed by atoms with van der Waals surface area (Å²) in [4.78, 5) is 11.8. The molecule has 3 rings (SSSR count). The molecule has 1 N–H and O–H groups in total. The number of carbonyl (C=O) groups excluding carboxylic acids is 1. The van der Waals surface area contributed by atoms with E-state index in [4.69, 9.17) is 9.47 Å². The van der Waals surface area contributed by atoms with Gasteiger partial charge in [0.1, 0.15) is 6.61 Å². The van der Waals surface area contributed by atoms with Crippen LogP contribution in [0, 0.1) is 0 Å². The molecule has 1 amide bonds. The number of carbonyl (C=O) groups is 1. The first-order valence-electron chi connectivity index (χ1n) is 7.88. The Balaban J connectivity index is 1.37. The molecule has 1 heterocycles. The number of amides is 1. The van der Waals surface area contributed by atoms with Crippen LogP contribution in [0.4, 0.5) is 0 Å². The molecule has 23 heavy (non-hydrogen) atoms. The van der Waals surface area contributed by atoms with E-state index in [9.17, 15) is 4.79 Å². The highest BCUT2D eigenvalue weighted by Gasteiger charge is 2.19. The van der Waals surface area contributed by atoms with Gasteiger partial charge >= 0.3 is 0 Å². The monoisotopic (exact) mass is 311 g/mol. The summed E-state index contributed by atoms with van der Waals surface area (Å²) in [7, 11) is 0. The van der Waals surface area contributed by atoms with Gasteiger partial charge in [-0.25, -0.2) is 0 Å². The SMILES string of the molecule is O=C(COCc1ccccc1)NC[C@H]1Cc2ccccc2CO1. The molecule has 2 aromatic carbocycles. The molecule has 0 radical (unpaired) electrons. The maximum Gasteiger partial charge on any atom is 0.246 e. The molecule has 4 nitrogen and oxygen atoms in total. The number of fused-ring (bicyclic) bond motifs is 1. The van der Waals surface area contributed by atoms with Gasteiger partial charge in [-0.2, -0.15) is 0 Å². The Morgan fingerprint density at radius 1 is 1.09 bits per heavy atom. The number of rotatable bonds is 6. The first-order chi connectivity index (χ1) is 11.3. The van der Waals surface area contributed by atoms with E-state index in [-0.39, 0.29) is 18.6 Å². The minimum absolute atomic E-state index is 0.0305. The van der Waals surface area contributed by atoms with E-state index < -0.39 is 0 Å². The lowest BCUT2D eigenvalue weighted by atomic mass is 9.99. The molecule has 1 atom stereocenters. The molecule has 1 aliphatic heterocycles. The molecule has 2 aromatic rings. The minimum Gasteiger partial charge on any atom is -0.371 e. The third-order valence-corrected chi connectivity index (χ3v) is 3.91. The summed E-state index contributed by atoms with van der Waals surface area (Å²) in [5, 5.41) is 2.88. The van der Waals surface area contributed by atoms with Gasteiger partial charge in [0.2, 0.25) is 5.91 Å². The lowest BCUT2D eigenvalue weighted by Crippen LogP contribution is -2.38. The fraction of sp³-hybridized carbons (Fsp3) is 0.316. The summed E-state index contributed by atoms with van der Waals surface area (Å²) in [5.41, 5.74) is 3.60. The van der Waals surface area contributed by atoms with E-state index in [2.05, 4.69) is 17.4 Å². The normalized spacial score (nSPS) is 16.6. The molecular weight excluding hydrogens is 290 g/mol. The van der Waals surface area contributed by atoms with Gasteiger partial charge in [0, 0.05) is 13.0 Å². The lowest BCUT2D eigenvalue weighted by Gasteiger charge is -2.25. The third kappa shape index (κ3) is 4.65. The highest BCUT2D eigenvalue weighted by molar-refractivity contribution is 5.77. The molecule has 0 unspecified atom stereocenters. The molecule has 0 bridgehead atoms. The average molecular weight is 311 g/mol. The fourth-order valence-electron chi connectivity index (χ4n) is 2.65. The second kappa shape index (κ2) is 7.90. The van der Waals surface area contributed by atoms with Crippen molar-refractivity contribution in [1.29, 1.82) is 0 Å². The molecule has 4 heteroatoms. The zero-order chi connectivity index (χ0) is 15.9. The standard InChI is InChI=1S/C19H21NO3/c21-19(14-22-12-15-6-2-1-3-7-15)20-11-18-10-16-8-4-5-9-17(16)13-23-18/h1-9,18H,10-14H2,(H,20,21)/t18-/m1/s1. The summed E-state index contributed by atoms with van der Waals surface area (Å²) < 4.78 is 11.2. The Labute approximate surface area is 136 Å². The van der Waals surface area contributed by atoms with Crippen LogP contribution in [0.3, 0.4) is 0 Å². The molecule has 0 saturated carbocycles. The molecule has 0 fully saturated rings. The van der Waals surface area contributed by atoms with Gasteiger partial charge in [-0.05, 0) is 16.7 Å². The summed E-state index contributed by atoms with van der Waals surface area (Å²) in [6, 6.07) is 18.1. The Kier molecular flexibility index (Phi) is 5.40. The van der Waals surface area contributed by atoms with Crippen LogP contribution in [0.5, 0.6) is 0 Å². The zero-order valence-corrected chi connectivity index (χ0v) is 13.0. The second-order valence-electron chi connectivity index (χ2n) is 5.69. The van der Waals surface area contributed by atoms with E-state index in [1.807, 2.05) is 42.5 Å². The van der Waals surface area contributed by atoms with Crippen LogP contribution < -0.4 is 5.32 Å². The van der Waals surface area contributed by atoms with E-state index in [1.54, 1.807) is 0 Å². The van der Waals surface area contributed by atoms with Crippen LogP contribution in [-0.4, -0.2) is 25.2 Å². The number of nitrogens with one attached hydrogen (secondary N) is 1. The second-order valence-corrected chi connectivity index (χ2v) is 5.69. The van der Waals surface area contributed by atoms with Crippen LogP contribution in [0.2, 0.25) is 0 Å². The van der Waals surface area contributed by atoms with Gasteiger partial charge in [-0.3, -0.25) is 4.79 Å². The largest absolute Gasteiger partial charge is 0.371 e. The Morgan fingerprint density at radius 3 is 2.65 bits per heavy atom. The van der Waals surface area contributed by atoms with Crippen molar-refractivity contribution in [2.75, 3.05) is 13.2 Å². The van der Waals surface area contributed by atoms with E-state index in [0.717, 1.165) is 12.0 Å². The molecule has 0 saturated heterocycles. The van der Waals surface area contributed by atoms with Crippen molar-refractivity contribution >= 4 is 5.91 Å². The van der Waals surface area contributed by atoms with Crippen molar-refractivity contribution in [2.24, 2.45) is 0 Å². The topological polar surface area (TPSA) is 47.6 Å². The molecule has 0 spiro atoms. The third-order valence-electron chi connectivity index (χ3n) is 3.91. The van der Waals surface area contributed by atoms with Crippen molar-refractivity contribution in [2.45, 2.75) is 25.7 Å². The number of hydrogen-bond donors (Lipinski definition) is 1. The van der Waals surface area contributed by atoms with Gasteiger partial charge in [-0.15, -0.1) is 0 Å². The van der Waals surface area contributed by atoms with Crippen LogP contribution in [0.1, 0.15) is 16.7 Å². The zero-order valence-electron chi connectivity index (χ0n) is 13.0. The molecule has 0 aromatic heterocycles. The van der Waals surface area contributed by atoms with E-state index in [1.165, 1.54) is 11.1 Å². The highest BCUT2D eigenvalue weighted by atomic mass is 16.5. The van der Waals surface area contributed by atoms with E-state index in [0.29, 0.717) is 19.8 Å². The molecule has 120 valence electrons. The first kappa shape index (κ1) is 15.7. The Bertz CT molecular complexity index is 642. The van der Waals surface area contributed by atoms with Crippen molar-refractivity contribution in [3.05, 3.63) is 71.3 Å².